The Balaban J connectivity index is 2.14. The fraction of sp³-hybridized carbons (Fsp3) is 0.250. The van der Waals surface area contributed by atoms with Crippen LogP contribution >= 0.6 is 0 Å². The second-order valence-electron chi connectivity index (χ2n) is 4.84. The average molecular weight is 256 g/mol. The van der Waals surface area contributed by atoms with Gasteiger partial charge in [0.1, 0.15) is 5.82 Å². The first-order valence-corrected chi connectivity index (χ1v) is 6.64. The number of benzene rings is 2. The Morgan fingerprint density at radius 3 is 2.79 bits per heavy atom. The van der Waals surface area contributed by atoms with E-state index < -0.39 is 0 Å². The maximum Gasteiger partial charge on any atom is 0.147 e. The zero-order valence-electron chi connectivity index (χ0n) is 10.8. The largest absolute Gasteiger partial charge is 0.339 e. The summed E-state index contributed by atoms with van der Waals surface area (Å²) in [6.07, 6.45) is 2.09. The van der Waals surface area contributed by atoms with E-state index in [9.17, 15) is 4.39 Å². The summed E-state index contributed by atoms with van der Waals surface area (Å²) in [7, 11) is 0. The molecule has 0 saturated heterocycles. The van der Waals surface area contributed by atoms with Crippen LogP contribution in [-0.4, -0.2) is 6.54 Å². The summed E-state index contributed by atoms with van der Waals surface area (Å²) in [6, 6.07) is 13.3. The molecule has 0 fully saturated rings. The highest BCUT2D eigenvalue weighted by Crippen LogP contribution is 2.36. The number of nitrogens with two attached hydrogens (primary N) is 1. The molecule has 0 atom stereocenters. The summed E-state index contributed by atoms with van der Waals surface area (Å²) in [5.74, 6) is -0.195. The number of anilines is 2. The number of fused-ring (bicyclic) bond motifs is 1. The van der Waals surface area contributed by atoms with E-state index in [1.807, 2.05) is 18.2 Å². The molecule has 2 nitrogen and oxygen atoms in total. The van der Waals surface area contributed by atoms with Crippen molar-refractivity contribution in [1.29, 1.82) is 0 Å². The average Bonchev–Trinajstić information content (AvgIpc) is 2.46. The first kappa shape index (κ1) is 12.2. The zero-order valence-corrected chi connectivity index (χ0v) is 10.8. The van der Waals surface area contributed by atoms with E-state index in [1.54, 1.807) is 6.07 Å². The van der Waals surface area contributed by atoms with E-state index in [1.165, 1.54) is 11.6 Å². The molecule has 0 saturated carbocycles. The second-order valence-corrected chi connectivity index (χ2v) is 4.84. The molecular weight excluding hydrogens is 239 g/mol. The third kappa shape index (κ3) is 2.10. The van der Waals surface area contributed by atoms with E-state index in [-0.39, 0.29) is 5.82 Å². The van der Waals surface area contributed by atoms with E-state index >= 15 is 0 Å². The van der Waals surface area contributed by atoms with Gasteiger partial charge in [0.2, 0.25) is 0 Å². The molecule has 98 valence electrons. The van der Waals surface area contributed by atoms with Crippen molar-refractivity contribution in [3.8, 4) is 0 Å². The van der Waals surface area contributed by atoms with Gasteiger partial charge in [-0.1, -0.05) is 30.3 Å². The standard InChI is InChI=1S/C16H17FN2/c17-14-8-3-6-13(11-18)16(14)19-10-4-7-12-5-1-2-9-15(12)19/h1-3,5-6,8-9H,4,7,10-11,18H2. The number of para-hydroxylation sites is 2. The quantitative estimate of drug-likeness (QED) is 0.892. The monoisotopic (exact) mass is 256 g/mol. The molecule has 0 bridgehead atoms. The van der Waals surface area contributed by atoms with Gasteiger partial charge in [0.05, 0.1) is 5.69 Å². The lowest BCUT2D eigenvalue weighted by Crippen LogP contribution is -2.26. The Morgan fingerprint density at radius 2 is 1.95 bits per heavy atom. The summed E-state index contributed by atoms with van der Waals surface area (Å²) < 4.78 is 14.2. The van der Waals surface area contributed by atoms with Crippen LogP contribution in [0.15, 0.2) is 42.5 Å². The van der Waals surface area contributed by atoms with Crippen LogP contribution in [0, 0.1) is 5.82 Å². The number of hydrogen-bond acceptors (Lipinski definition) is 2. The lowest BCUT2D eigenvalue weighted by Gasteiger charge is -2.32. The van der Waals surface area contributed by atoms with E-state index in [0.29, 0.717) is 12.2 Å². The van der Waals surface area contributed by atoms with Crippen molar-refractivity contribution in [1.82, 2.24) is 0 Å². The SMILES string of the molecule is NCc1cccc(F)c1N1CCCc2ccccc21. The highest BCUT2D eigenvalue weighted by molar-refractivity contribution is 5.70. The molecule has 0 amide bonds. The van der Waals surface area contributed by atoms with Gasteiger partial charge in [-0.3, -0.25) is 0 Å². The van der Waals surface area contributed by atoms with Gasteiger partial charge in [-0.2, -0.15) is 0 Å². The number of aryl methyl sites for hydroxylation is 1. The van der Waals surface area contributed by atoms with Gasteiger partial charge in [0.25, 0.3) is 0 Å². The molecule has 19 heavy (non-hydrogen) atoms. The molecule has 2 N–H and O–H groups in total. The first-order valence-electron chi connectivity index (χ1n) is 6.64. The summed E-state index contributed by atoms with van der Waals surface area (Å²) in [4.78, 5) is 2.07. The molecule has 2 aromatic rings. The Morgan fingerprint density at radius 1 is 1.11 bits per heavy atom. The molecule has 1 heterocycles. The van der Waals surface area contributed by atoms with Crippen LogP contribution in [0.25, 0.3) is 0 Å². The number of nitrogens with zero attached hydrogens (tertiary/aromatic N) is 1. The van der Waals surface area contributed by atoms with Crippen LogP contribution in [0.5, 0.6) is 0 Å². The molecule has 3 rings (SSSR count). The topological polar surface area (TPSA) is 29.3 Å². The van der Waals surface area contributed by atoms with Gasteiger partial charge in [0, 0.05) is 18.8 Å². The number of halogens is 1. The smallest absolute Gasteiger partial charge is 0.147 e. The van der Waals surface area contributed by atoms with E-state index in [0.717, 1.165) is 30.6 Å². The zero-order chi connectivity index (χ0) is 13.2. The van der Waals surface area contributed by atoms with Crippen molar-refractivity contribution in [3.05, 3.63) is 59.4 Å². The maximum absolute atomic E-state index is 14.2. The Labute approximate surface area is 112 Å². The molecule has 1 aliphatic heterocycles. The van der Waals surface area contributed by atoms with Gasteiger partial charge in [-0.15, -0.1) is 0 Å². The minimum absolute atomic E-state index is 0.195. The highest BCUT2D eigenvalue weighted by atomic mass is 19.1. The number of rotatable bonds is 2. The summed E-state index contributed by atoms with van der Waals surface area (Å²) >= 11 is 0. The Hall–Kier alpha value is -1.87. The lowest BCUT2D eigenvalue weighted by molar-refractivity contribution is 0.618. The lowest BCUT2D eigenvalue weighted by atomic mass is 10.00. The predicted molar refractivity (Wildman–Crippen MR) is 76.1 cm³/mol. The molecule has 0 aromatic heterocycles. The molecule has 0 radical (unpaired) electrons. The van der Waals surface area contributed by atoms with Crippen molar-refractivity contribution in [2.24, 2.45) is 5.73 Å². The molecule has 2 aromatic carbocycles. The summed E-state index contributed by atoms with van der Waals surface area (Å²) in [5.41, 5.74) is 9.63. The van der Waals surface area contributed by atoms with Gasteiger partial charge in [-0.25, -0.2) is 4.39 Å². The number of hydrogen-bond donors (Lipinski definition) is 1. The summed E-state index contributed by atoms with van der Waals surface area (Å²) in [5, 5.41) is 0. The normalized spacial score (nSPS) is 14.3. The molecule has 0 spiro atoms. The Bertz CT molecular complexity index is 595. The predicted octanol–water partition coefficient (Wildman–Crippen LogP) is 3.37. The van der Waals surface area contributed by atoms with Crippen LogP contribution in [0.1, 0.15) is 17.5 Å². The molecule has 1 aliphatic rings. The first-order chi connectivity index (χ1) is 9.31. The molecular formula is C16H17FN2. The van der Waals surface area contributed by atoms with Gasteiger partial charge in [0.15, 0.2) is 0 Å². The van der Waals surface area contributed by atoms with Crippen LogP contribution in [-0.2, 0) is 13.0 Å². The van der Waals surface area contributed by atoms with Gasteiger partial charge in [-0.05, 0) is 36.1 Å². The fourth-order valence-electron chi connectivity index (χ4n) is 2.79. The molecule has 3 heteroatoms. The minimum Gasteiger partial charge on any atom is -0.339 e. The second kappa shape index (κ2) is 5.02. The van der Waals surface area contributed by atoms with Crippen molar-refractivity contribution >= 4 is 11.4 Å². The third-order valence-corrected chi connectivity index (χ3v) is 3.67. The summed E-state index contributed by atoms with van der Waals surface area (Å²) in [6.45, 7) is 1.19. The van der Waals surface area contributed by atoms with Crippen LogP contribution in [0.4, 0.5) is 15.8 Å². The van der Waals surface area contributed by atoms with E-state index in [2.05, 4.69) is 17.0 Å². The van der Waals surface area contributed by atoms with Crippen molar-refractivity contribution in [2.75, 3.05) is 11.4 Å². The van der Waals surface area contributed by atoms with Crippen molar-refractivity contribution in [2.45, 2.75) is 19.4 Å². The van der Waals surface area contributed by atoms with Gasteiger partial charge < -0.3 is 10.6 Å². The maximum atomic E-state index is 14.2. The van der Waals surface area contributed by atoms with Crippen LogP contribution < -0.4 is 10.6 Å². The molecule has 0 unspecified atom stereocenters. The molecule has 0 aliphatic carbocycles. The van der Waals surface area contributed by atoms with Crippen LogP contribution in [0.3, 0.4) is 0 Å². The van der Waals surface area contributed by atoms with Gasteiger partial charge >= 0.3 is 0 Å². The van der Waals surface area contributed by atoms with Crippen molar-refractivity contribution < 1.29 is 4.39 Å². The fourth-order valence-corrected chi connectivity index (χ4v) is 2.79. The van der Waals surface area contributed by atoms with Crippen LogP contribution in [0.2, 0.25) is 0 Å². The Kier molecular flexibility index (Phi) is 3.22. The third-order valence-electron chi connectivity index (χ3n) is 3.67. The minimum atomic E-state index is -0.195. The van der Waals surface area contributed by atoms with E-state index in [4.69, 9.17) is 5.73 Å². The van der Waals surface area contributed by atoms with Crippen molar-refractivity contribution in [3.63, 3.8) is 0 Å². The highest BCUT2D eigenvalue weighted by Gasteiger charge is 2.22.